The van der Waals surface area contributed by atoms with Crippen LogP contribution in [0.25, 0.3) is 0 Å². The number of hydrogen-bond acceptors (Lipinski definition) is 2. The molecule has 1 aromatic heterocycles. The van der Waals surface area contributed by atoms with E-state index in [2.05, 4.69) is 10.4 Å². The Morgan fingerprint density at radius 2 is 1.85 bits per heavy atom. The minimum absolute atomic E-state index is 0.0879. The number of alkyl halides is 3. The van der Waals surface area contributed by atoms with Gasteiger partial charge < -0.3 is 5.32 Å². The van der Waals surface area contributed by atoms with E-state index in [-0.39, 0.29) is 18.2 Å². The summed E-state index contributed by atoms with van der Waals surface area (Å²) in [6, 6.07) is 0.309. The average Bonchev–Trinajstić information content (AvgIpc) is 3.14. The van der Waals surface area contributed by atoms with Crippen molar-refractivity contribution < 1.29 is 13.2 Å². The summed E-state index contributed by atoms with van der Waals surface area (Å²) in [5.74, 6) is 0. The Balaban J connectivity index is 1.83. The second-order valence-corrected chi connectivity index (χ2v) is 5.91. The lowest BCUT2D eigenvalue weighted by molar-refractivity contribution is -0.145. The molecule has 0 aliphatic heterocycles. The number of aromatic nitrogens is 2. The van der Waals surface area contributed by atoms with Gasteiger partial charge in [-0.1, -0.05) is 19.3 Å². The number of nitrogens with one attached hydrogen (secondary N) is 1. The van der Waals surface area contributed by atoms with E-state index in [1.54, 1.807) is 0 Å². The third kappa shape index (κ3) is 3.00. The Morgan fingerprint density at radius 3 is 2.45 bits per heavy atom. The summed E-state index contributed by atoms with van der Waals surface area (Å²) in [6.07, 6.45) is 3.93. The summed E-state index contributed by atoms with van der Waals surface area (Å²) in [6.45, 7) is 0.270. The van der Waals surface area contributed by atoms with Crippen molar-refractivity contribution in [2.24, 2.45) is 0 Å². The van der Waals surface area contributed by atoms with Crippen LogP contribution in [-0.2, 0) is 12.7 Å². The van der Waals surface area contributed by atoms with Crippen LogP contribution in [-0.4, -0.2) is 15.8 Å². The van der Waals surface area contributed by atoms with Gasteiger partial charge in [-0.05, 0) is 25.7 Å². The van der Waals surface area contributed by atoms with E-state index in [1.807, 2.05) is 0 Å². The predicted octanol–water partition coefficient (Wildman–Crippen LogP) is 3.66. The van der Waals surface area contributed by atoms with Crippen molar-refractivity contribution in [2.45, 2.75) is 69.8 Å². The summed E-state index contributed by atoms with van der Waals surface area (Å²) in [5, 5.41) is 7.21. The number of hydrogen-bond donors (Lipinski definition) is 1. The molecule has 1 heterocycles. The topological polar surface area (TPSA) is 29.9 Å². The molecule has 0 unspecified atom stereocenters. The van der Waals surface area contributed by atoms with Gasteiger partial charge in [0.25, 0.3) is 0 Å². The molecular formula is C14H20F3N3. The van der Waals surface area contributed by atoms with Crippen molar-refractivity contribution in [2.75, 3.05) is 0 Å². The first-order valence-corrected chi connectivity index (χ1v) is 7.42. The van der Waals surface area contributed by atoms with Crippen LogP contribution in [0.3, 0.4) is 0 Å². The van der Waals surface area contributed by atoms with E-state index in [1.165, 1.54) is 10.9 Å². The Morgan fingerprint density at radius 1 is 1.15 bits per heavy atom. The maximum absolute atomic E-state index is 13.3. The third-order valence-electron chi connectivity index (χ3n) is 4.22. The molecule has 112 valence electrons. The molecule has 1 N–H and O–H groups in total. The van der Waals surface area contributed by atoms with Crippen molar-refractivity contribution in [3.8, 4) is 0 Å². The highest BCUT2D eigenvalue weighted by Gasteiger charge is 2.40. The zero-order chi connectivity index (χ0) is 14.2. The fourth-order valence-electron chi connectivity index (χ4n) is 2.98. The second-order valence-electron chi connectivity index (χ2n) is 5.91. The van der Waals surface area contributed by atoms with Gasteiger partial charge in [-0.25, -0.2) is 0 Å². The largest absolute Gasteiger partial charge is 0.433 e. The van der Waals surface area contributed by atoms with Crippen LogP contribution in [0.4, 0.5) is 13.2 Å². The van der Waals surface area contributed by atoms with E-state index in [0.717, 1.165) is 44.9 Å². The molecule has 0 atom stereocenters. The minimum Gasteiger partial charge on any atom is -0.310 e. The van der Waals surface area contributed by atoms with E-state index >= 15 is 0 Å². The van der Waals surface area contributed by atoms with Crippen molar-refractivity contribution >= 4 is 0 Å². The van der Waals surface area contributed by atoms with Crippen LogP contribution < -0.4 is 5.32 Å². The summed E-state index contributed by atoms with van der Waals surface area (Å²) in [4.78, 5) is 0. The average molecular weight is 287 g/mol. The summed E-state index contributed by atoms with van der Waals surface area (Å²) < 4.78 is 41.3. The Bertz CT molecular complexity index is 457. The molecule has 1 aromatic rings. The quantitative estimate of drug-likeness (QED) is 0.916. The summed E-state index contributed by atoms with van der Waals surface area (Å²) >= 11 is 0. The molecule has 0 saturated heterocycles. The highest BCUT2D eigenvalue weighted by atomic mass is 19.4. The molecule has 0 radical (unpaired) electrons. The highest BCUT2D eigenvalue weighted by molar-refractivity contribution is 5.22. The summed E-state index contributed by atoms with van der Waals surface area (Å²) in [5.41, 5.74) is -0.257. The molecule has 2 aliphatic rings. The van der Waals surface area contributed by atoms with Gasteiger partial charge >= 0.3 is 6.18 Å². The monoisotopic (exact) mass is 287 g/mol. The molecule has 0 amide bonds. The molecule has 6 heteroatoms. The predicted molar refractivity (Wildman–Crippen MR) is 69.2 cm³/mol. The van der Waals surface area contributed by atoms with Gasteiger partial charge in [-0.15, -0.1) is 0 Å². The van der Waals surface area contributed by atoms with Crippen LogP contribution in [0.15, 0.2) is 6.20 Å². The van der Waals surface area contributed by atoms with Crippen molar-refractivity contribution in [1.29, 1.82) is 0 Å². The van der Waals surface area contributed by atoms with E-state index in [4.69, 9.17) is 0 Å². The normalized spacial score (nSPS) is 21.4. The third-order valence-corrected chi connectivity index (χ3v) is 4.22. The lowest BCUT2D eigenvalue weighted by Crippen LogP contribution is -2.24. The molecule has 0 bridgehead atoms. The zero-order valence-corrected chi connectivity index (χ0v) is 11.4. The molecule has 2 aliphatic carbocycles. The van der Waals surface area contributed by atoms with Gasteiger partial charge in [-0.2, -0.15) is 18.3 Å². The fraction of sp³-hybridized carbons (Fsp3) is 0.786. The van der Waals surface area contributed by atoms with Gasteiger partial charge in [0.2, 0.25) is 0 Å². The zero-order valence-electron chi connectivity index (χ0n) is 11.4. The SMILES string of the molecule is FC(F)(F)c1c(CNC2CC2)cnn1C1CCCCC1. The Hall–Kier alpha value is -1.04. The molecular weight excluding hydrogens is 267 g/mol. The maximum Gasteiger partial charge on any atom is 0.433 e. The van der Waals surface area contributed by atoms with Gasteiger partial charge in [0.05, 0.1) is 12.2 Å². The van der Waals surface area contributed by atoms with Gasteiger partial charge in [0.1, 0.15) is 5.69 Å². The number of rotatable bonds is 4. The van der Waals surface area contributed by atoms with Gasteiger partial charge in [0, 0.05) is 18.2 Å². The molecule has 2 saturated carbocycles. The number of nitrogens with zero attached hydrogens (tertiary/aromatic N) is 2. The van der Waals surface area contributed by atoms with Crippen molar-refractivity contribution in [3.05, 3.63) is 17.5 Å². The number of halogens is 3. The van der Waals surface area contributed by atoms with Crippen LogP contribution >= 0.6 is 0 Å². The van der Waals surface area contributed by atoms with Gasteiger partial charge in [-0.3, -0.25) is 4.68 Å². The van der Waals surface area contributed by atoms with Crippen LogP contribution in [0, 0.1) is 0 Å². The van der Waals surface area contributed by atoms with E-state index in [0.29, 0.717) is 6.04 Å². The maximum atomic E-state index is 13.3. The second kappa shape index (κ2) is 5.39. The smallest absolute Gasteiger partial charge is 0.310 e. The van der Waals surface area contributed by atoms with Crippen molar-refractivity contribution in [3.63, 3.8) is 0 Å². The van der Waals surface area contributed by atoms with Crippen molar-refractivity contribution in [1.82, 2.24) is 15.1 Å². The van der Waals surface area contributed by atoms with E-state index in [9.17, 15) is 13.2 Å². The standard InChI is InChI=1S/C14H20F3N3/c15-14(16,17)13-10(8-18-11-6-7-11)9-19-20(13)12-4-2-1-3-5-12/h9,11-12,18H,1-8H2. The first-order valence-electron chi connectivity index (χ1n) is 7.42. The summed E-state index contributed by atoms with van der Waals surface area (Å²) in [7, 11) is 0. The van der Waals surface area contributed by atoms with E-state index < -0.39 is 11.9 Å². The molecule has 3 rings (SSSR count). The van der Waals surface area contributed by atoms with Gasteiger partial charge in [0.15, 0.2) is 0 Å². The Labute approximate surface area is 116 Å². The van der Waals surface area contributed by atoms with Crippen LogP contribution in [0.2, 0.25) is 0 Å². The fourth-order valence-corrected chi connectivity index (χ4v) is 2.98. The molecule has 0 aromatic carbocycles. The minimum atomic E-state index is -4.32. The molecule has 20 heavy (non-hydrogen) atoms. The molecule has 3 nitrogen and oxygen atoms in total. The molecule has 0 spiro atoms. The Kier molecular flexibility index (Phi) is 3.75. The van der Waals surface area contributed by atoms with Crippen LogP contribution in [0.1, 0.15) is 62.2 Å². The van der Waals surface area contributed by atoms with Crippen LogP contribution in [0.5, 0.6) is 0 Å². The first kappa shape index (κ1) is 13.9. The lowest BCUT2D eigenvalue weighted by atomic mass is 9.95. The highest BCUT2D eigenvalue weighted by Crippen LogP contribution is 2.37. The lowest BCUT2D eigenvalue weighted by Gasteiger charge is -2.25. The first-order chi connectivity index (χ1) is 9.55. The molecule has 2 fully saturated rings.